The maximum Gasteiger partial charge on any atom is 0.234 e. The lowest BCUT2D eigenvalue weighted by atomic mass is 10.0. The molecule has 0 aliphatic heterocycles. The molecular formula is C21H26N2O4S. The summed E-state index contributed by atoms with van der Waals surface area (Å²) in [5.74, 6) is 1.63. The molecule has 0 atom stereocenters. The zero-order valence-corrected chi connectivity index (χ0v) is 17.4. The summed E-state index contributed by atoms with van der Waals surface area (Å²) in [6.07, 6.45) is 0. The number of methoxy groups -OCH3 is 2. The number of carbonyl (C=O) groups excluding carboxylic acids is 2. The largest absolute Gasteiger partial charge is 0.493 e. The molecule has 0 fully saturated rings. The van der Waals surface area contributed by atoms with Crippen LogP contribution in [0.2, 0.25) is 0 Å². The lowest BCUT2D eigenvalue weighted by Gasteiger charge is -2.10. The standard InChI is InChI=1S/C21H26N2O4S/c1-14(2)15-5-7-16(8-6-15)22-20(24)12-28-13-21(25)23-17-9-10-18(26-3)19(11-17)27-4/h5-11,14H,12-13H2,1-4H3,(H,22,24)(H,23,25). The highest BCUT2D eigenvalue weighted by atomic mass is 32.2. The van der Waals surface area contributed by atoms with Crippen molar-refractivity contribution in [2.75, 3.05) is 36.4 Å². The number of ether oxygens (including phenoxy) is 2. The average molecular weight is 403 g/mol. The molecule has 6 nitrogen and oxygen atoms in total. The van der Waals surface area contributed by atoms with Gasteiger partial charge in [0.05, 0.1) is 25.7 Å². The van der Waals surface area contributed by atoms with E-state index in [-0.39, 0.29) is 23.3 Å². The van der Waals surface area contributed by atoms with Gasteiger partial charge in [-0.1, -0.05) is 26.0 Å². The molecule has 2 aromatic carbocycles. The lowest BCUT2D eigenvalue weighted by Crippen LogP contribution is -2.18. The molecule has 2 N–H and O–H groups in total. The summed E-state index contributed by atoms with van der Waals surface area (Å²) >= 11 is 1.25. The predicted molar refractivity (Wildman–Crippen MR) is 115 cm³/mol. The molecule has 0 spiro atoms. The summed E-state index contributed by atoms with van der Waals surface area (Å²) < 4.78 is 10.4. The lowest BCUT2D eigenvalue weighted by molar-refractivity contribution is -0.114. The molecule has 0 saturated carbocycles. The maximum absolute atomic E-state index is 12.1. The quantitative estimate of drug-likeness (QED) is 0.659. The van der Waals surface area contributed by atoms with Gasteiger partial charge in [0.2, 0.25) is 11.8 Å². The molecule has 7 heteroatoms. The molecule has 0 aliphatic carbocycles. The van der Waals surface area contributed by atoms with E-state index in [0.717, 1.165) is 5.69 Å². The molecule has 0 unspecified atom stereocenters. The molecule has 0 saturated heterocycles. The number of rotatable bonds is 9. The highest BCUT2D eigenvalue weighted by Gasteiger charge is 2.09. The van der Waals surface area contributed by atoms with E-state index < -0.39 is 0 Å². The summed E-state index contributed by atoms with van der Waals surface area (Å²) in [4.78, 5) is 24.1. The van der Waals surface area contributed by atoms with E-state index in [1.54, 1.807) is 25.3 Å². The van der Waals surface area contributed by atoms with Crippen LogP contribution in [0.4, 0.5) is 11.4 Å². The molecule has 0 bridgehead atoms. The minimum absolute atomic E-state index is 0.138. The molecule has 28 heavy (non-hydrogen) atoms. The second-order valence-corrected chi connectivity index (χ2v) is 7.42. The van der Waals surface area contributed by atoms with E-state index in [1.807, 2.05) is 24.3 Å². The van der Waals surface area contributed by atoms with Crippen molar-refractivity contribution in [1.82, 2.24) is 0 Å². The molecular weight excluding hydrogens is 376 g/mol. The fourth-order valence-electron chi connectivity index (χ4n) is 2.50. The van der Waals surface area contributed by atoms with Gasteiger partial charge in [0, 0.05) is 17.4 Å². The third-order valence-electron chi connectivity index (χ3n) is 3.99. The highest BCUT2D eigenvalue weighted by Crippen LogP contribution is 2.29. The Bertz CT molecular complexity index is 807. The van der Waals surface area contributed by atoms with Crippen LogP contribution in [0.1, 0.15) is 25.3 Å². The Morgan fingerprint density at radius 3 is 1.93 bits per heavy atom. The van der Waals surface area contributed by atoms with Gasteiger partial charge in [-0.05, 0) is 35.7 Å². The SMILES string of the molecule is COc1ccc(NC(=O)CSCC(=O)Nc2ccc(C(C)C)cc2)cc1OC. The van der Waals surface area contributed by atoms with Crippen LogP contribution >= 0.6 is 11.8 Å². The van der Waals surface area contributed by atoms with Crippen LogP contribution in [0.3, 0.4) is 0 Å². The molecule has 150 valence electrons. The number of thioether (sulfide) groups is 1. The Morgan fingerprint density at radius 2 is 1.39 bits per heavy atom. The van der Waals surface area contributed by atoms with Crippen molar-refractivity contribution in [2.24, 2.45) is 0 Å². The molecule has 0 aromatic heterocycles. The molecule has 2 aromatic rings. The zero-order valence-electron chi connectivity index (χ0n) is 16.6. The smallest absolute Gasteiger partial charge is 0.234 e. The van der Waals surface area contributed by atoms with Gasteiger partial charge in [0.15, 0.2) is 11.5 Å². The number of benzene rings is 2. The predicted octanol–water partition coefficient (Wildman–Crippen LogP) is 4.14. The third-order valence-corrected chi connectivity index (χ3v) is 4.93. The second kappa shape index (κ2) is 10.6. The van der Waals surface area contributed by atoms with Gasteiger partial charge in [0.1, 0.15) is 0 Å². The zero-order chi connectivity index (χ0) is 20.5. The Kier molecular flexibility index (Phi) is 8.19. The Morgan fingerprint density at radius 1 is 0.857 bits per heavy atom. The number of amides is 2. The van der Waals surface area contributed by atoms with Gasteiger partial charge in [-0.2, -0.15) is 0 Å². The Hall–Kier alpha value is -2.67. The van der Waals surface area contributed by atoms with E-state index in [4.69, 9.17) is 9.47 Å². The Labute approximate surface area is 170 Å². The van der Waals surface area contributed by atoms with E-state index in [0.29, 0.717) is 23.1 Å². The molecule has 0 heterocycles. The van der Waals surface area contributed by atoms with Crippen molar-refractivity contribution in [3.63, 3.8) is 0 Å². The van der Waals surface area contributed by atoms with Crippen molar-refractivity contribution in [3.05, 3.63) is 48.0 Å². The highest BCUT2D eigenvalue weighted by molar-refractivity contribution is 8.00. The summed E-state index contributed by atoms with van der Waals surface area (Å²) in [7, 11) is 3.09. The van der Waals surface area contributed by atoms with Crippen LogP contribution in [0, 0.1) is 0 Å². The van der Waals surface area contributed by atoms with Crippen LogP contribution < -0.4 is 20.1 Å². The van der Waals surface area contributed by atoms with E-state index in [9.17, 15) is 9.59 Å². The van der Waals surface area contributed by atoms with Crippen molar-refractivity contribution in [2.45, 2.75) is 19.8 Å². The van der Waals surface area contributed by atoms with E-state index >= 15 is 0 Å². The van der Waals surface area contributed by atoms with Gasteiger partial charge in [0.25, 0.3) is 0 Å². The minimum atomic E-state index is -0.189. The first kappa shape index (κ1) is 21.6. The second-order valence-electron chi connectivity index (χ2n) is 6.44. The summed E-state index contributed by atoms with van der Waals surface area (Å²) in [5.41, 5.74) is 2.59. The summed E-state index contributed by atoms with van der Waals surface area (Å²) in [5, 5.41) is 5.62. The van der Waals surface area contributed by atoms with Crippen molar-refractivity contribution in [3.8, 4) is 11.5 Å². The number of nitrogens with one attached hydrogen (secondary N) is 2. The Balaban J connectivity index is 1.76. The van der Waals surface area contributed by atoms with E-state index in [2.05, 4.69) is 24.5 Å². The summed E-state index contributed by atoms with van der Waals surface area (Å²) in [6.45, 7) is 4.24. The average Bonchev–Trinajstić information content (AvgIpc) is 2.68. The molecule has 0 aliphatic rings. The number of hydrogen-bond acceptors (Lipinski definition) is 5. The number of hydrogen-bond donors (Lipinski definition) is 2. The molecule has 0 radical (unpaired) electrons. The maximum atomic E-state index is 12.1. The normalized spacial score (nSPS) is 10.5. The van der Waals surface area contributed by atoms with Gasteiger partial charge >= 0.3 is 0 Å². The van der Waals surface area contributed by atoms with Crippen LogP contribution in [0.15, 0.2) is 42.5 Å². The van der Waals surface area contributed by atoms with Crippen molar-refractivity contribution in [1.29, 1.82) is 0 Å². The third kappa shape index (κ3) is 6.49. The van der Waals surface area contributed by atoms with Crippen LogP contribution in [0.25, 0.3) is 0 Å². The van der Waals surface area contributed by atoms with Gasteiger partial charge in [-0.25, -0.2) is 0 Å². The molecule has 2 rings (SSSR count). The first-order valence-electron chi connectivity index (χ1n) is 8.92. The molecule has 2 amide bonds. The number of carbonyl (C=O) groups is 2. The van der Waals surface area contributed by atoms with Crippen LogP contribution in [0.5, 0.6) is 11.5 Å². The fourth-order valence-corrected chi connectivity index (χ4v) is 3.11. The van der Waals surface area contributed by atoms with Gasteiger partial charge in [-0.15, -0.1) is 11.8 Å². The van der Waals surface area contributed by atoms with Crippen LogP contribution in [-0.4, -0.2) is 37.5 Å². The van der Waals surface area contributed by atoms with Gasteiger partial charge in [-0.3, -0.25) is 9.59 Å². The minimum Gasteiger partial charge on any atom is -0.493 e. The summed E-state index contributed by atoms with van der Waals surface area (Å²) in [6, 6.07) is 12.9. The topological polar surface area (TPSA) is 76.7 Å². The van der Waals surface area contributed by atoms with Crippen molar-refractivity contribution >= 4 is 35.0 Å². The monoisotopic (exact) mass is 402 g/mol. The first-order valence-corrected chi connectivity index (χ1v) is 10.1. The number of anilines is 2. The van der Waals surface area contributed by atoms with E-state index in [1.165, 1.54) is 24.4 Å². The van der Waals surface area contributed by atoms with Crippen LogP contribution in [-0.2, 0) is 9.59 Å². The first-order chi connectivity index (χ1) is 13.4. The van der Waals surface area contributed by atoms with Gasteiger partial charge < -0.3 is 20.1 Å². The fraction of sp³-hybridized carbons (Fsp3) is 0.333. The van der Waals surface area contributed by atoms with Crippen molar-refractivity contribution < 1.29 is 19.1 Å².